The minimum absolute atomic E-state index is 0. The van der Waals surface area contributed by atoms with Crippen LogP contribution >= 0.6 is 0 Å². The molecule has 0 aromatic carbocycles. The third kappa shape index (κ3) is 8.95. The zero-order chi connectivity index (χ0) is 0. The largest absolute Gasteiger partial charge is 0 e. The predicted molar refractivity (Wildman–Crippen MR) is 23.0 cm³/mol. The Balaban J connectivity index is 0. The zero-order valence-corrected chi connectivity index (χ0v) is 12.1. The van der Waals surface area contributed by atoms with E-state index in [1.54, 1.807) is 0 Å². The smallest absolute Gasteiger partial charge is 0 e. The fourth-order valence-corrected chi connectivity index (χ4v) is 0. The predicted octanol–water partition coefficient (Wildman–Crippen LogP) is -1.52. The maximum absolute atomic E-state index is 0. The quantitative estimate of drug-likeness (QED) is 0.322. The van der Waals surface area contributed by atoms with Gasteiger partial charge in [-0.1, -0.05) is 0 Å². The molecule has 0 saturated carbocycles. The van der Waals surface area contributed by atoms with Crippen LogP contribution in [0, 0.1) is 0 Å². The molecule has 0 aliphatic carbocycles. The summed E-state index contributed by atoms with van der Waals surface area (Å²) in [5, 5.41) is 0. The molecular weight excluding hydrogens is 551 g/mol. The van der Waals surface area contributed by atoms with Gasteiger partial charge in [0.15, 0.2) is 0 Å². The maximum Gasteiger partial charge on any atom is 0 e. The fraction of sp³-hybridized carbons (Fsp3) is 0. The van der Waals surface area contributed by atoms with E-state index in [1.165, 1.54) is 0 Å². The summed E-state index contributed by atoms with van der Waals surface area (Å²) in [5.74, 6) is 0. The van der Waals surface area contributed by atoms with Crippen molar-refractivity contribution < 1.29 is 0 Å². The topological polar surface area (TPSA) is 0 Å². The monoisotopic (exact) mass is 554 g/mol. The molecule has 0 atom stereocenters. The Morgan fingerprint density at radius 1 is 1.00 bits per heavy atom. The molecule has 0 bridgehead atoms. The van der Waals surface area contributed by atoms with E-state index < -0.39 is 0 Å². The van der Waals surface area contributed by atoms with Crippen LogP contribution in [0.1, 0.15) is 0 Å². The molecule has 0 unspecified atom stereocenters. The summed E-state index contributed by atoms with van der Waals surface area (Å²) < 4.78 is 0. The van der Waals surface area contributed by atoms with Crippen molar-refractivity contribution in [3.63, 3.8) is 0 Å². The van der Waals surface area contributed by atoms with Crippen molar-refractivity contribution in [2.45, 2.75) is 0 Å². The molecule has 0 aliphatic heterocycles. The number of rotatable bonds is 0. The van der Waals surface area contributed by atoms with Crippen LogP contribution in [0.2, 0.25) is 0 Å². The molecule has 0 nitrogen and oxygen atoms in total. The molecule has 0 heterocycles. The minimum Gasteiger partial charge on any atom is 0 e. The zero-order valence-electron chi connectivity index (χ0n) is 2.36. The summed E-state index contributed by atoms with van der Waals surface area (Å²) in [6, 6.07) is 0. The van der Waals surface area contributed by atoms with Crippen LogP contribution in [-0.4, -0.2) is 96.0 Å². The Morgan fingerprint density at radius 3 is 1.00 bits per heavy atom. The SMILES string of the molecule is [Bi].[Li].[Pb].[Te]. The standard InChI is InChI=1S/Bi.Li.Pb.Te. The molecule has 0 aromatic heterocycles. The Labute approximate surface area is 94.0 Å². The molecule has 0 rings (SSSR count). The van der Waals surface area contributed by atoms with E-state index in [4.69, 9.17) is 0 Å². The molecule has 10 radical (unpaired) electrons. The normalized spacial score (nSPS) is 0. The van der Waals surface area contributed by atoms with Crippen LogP contribution in [0.3, 0.4) is 0 Å². The average Bonchev–Trinajstić information content (AvgIpc) is 0. The first-order valence-electron chi connectivity index (χ1n) is 0. The maximum atomic E-state index is 0. The van der Waals surface area contributed by atoms with E-state index in [0.29, 0.717) is 0 Å². The average molecular weight is 551 g/mol. The van der Waals surface area contributed by atoms with Crippen molar-refractivity contribution in [3.05, 3.63) is 0 Å². The third-order valence-corrected chi connectivity index (χ3v) is 0. The van der Waals surface area contributed by atoms with E-state index in [1.807, 2.05) is 0 Å². The second-order valence-electron chi connectivity index (χ2n) is 0. The van der Waals surface area contributed by atoms with Gasteiger partial charge in [0.05, 0.1) is 0 Å². The summed E-state index contributed by atoms with van der Waals surface area (Å²) >= 11 is 0. The van der Waals surface area contributed by atoms with Gasteiger partial charge in [0.2, 0.25) is 0 Å². The second-order valence-corrected chi connectivity index (χ2v) is 0. The van der Waals surface area contributed by atoms with Gasteiger partial charge in [-0.3, -0.25) is 0 Å². The van der Waals surface area contributed by atoms with Crippen LogP contribution in [0.15, 0.2) is 0 Å². The molecule has 0 aromatic rings. The van der Waals surface area contributed by atoms with Gasteiger partial charge in [-0.15, -0.1) is 0 Å². The van der Waals surface area contributed by atoms with E-state index in [0.717, 1.165) is 0 Å². The van der Waals surface area contributed by atoms with E-state index in [-0.39, 0.29) is 96.0 Å². The van der Waals surface area contributed by atoms with Gasteiger partial charge in [-0.2, -0.15) is 0 Å². The van der Waals surface area contributed by atoms with Crippen LogP contribution in [0.4, 0.5) is 0 Å². The van der Waals surface area contributed by atoms with Crippen LogP contribution in [0.5, 0.6) is 0 Å². The van der Waals surface area contributed by atoms with Gasteiger partial charge < -0.3 is 0 Å². The van der Waals surface area contributed by atoms with Crippen LogP contribution in [-0.2, 0) is 0 Å². The van der Waals surface area contributed by atoms with Crippen LogP contribution in [0.25, 0.3) is 0 Å². The molecule has 0 N–H and O–H groups in total. The molecule has 4 heavy (non-hydrogen) atoms. The van der Waals surface area contributed by atoms with Gasteiger partial charge in [0.1, 0.15) is 0 Å². The van der Waals surface area contributed by atoms with Crippen LogP contribution < -0.4 is 0 Å². The first kappa shape index (κ1) is 27.1. The van der Waals surface area contributed by atoms with Gasteiger partial charge in [0.25, 0.3) is 0 Å². The van der Waals surface area contributed by atoms with Crippen molar-refractivity contribution in [2.75, 3.05) is 0 Å². The van der Waals surface area contributed by atoms with Crippen molar-refractivity contribution >= 4 is 96.0 Å². The van der Waals surface area contributed by atoms with E-state index >= 15 is 0 Å². The summed E-state index contributed by atoms with van der Waals surface area (Å²) in [7, 11) is 0. The van der Waals surface area contributed by atoms with Gasteiger partial charge in [-0.05, 0) is 0 Å². The molecule has 0 amide bonds. The number of hydrogen-bond acceptors (Lipinski definition) is 0. The molecule has 0 spiro atoms. The molecule has 16 valence electrons. The molecule has 0 saturated heterocycles. The summed E-state index contributed by atoms with van der Waals surface area (Å²) in [5.41, 5.74) is 0. The summed E-state index contributed by atoms with van der Waals surface area (Å²) in [4.78, 5) is 0. The van der Waals surface area contributed by atoms with Crippen molar-refractivity contribution in [2.24, 2.45) is 0 Å². The first-order chi connectivity index (χ1) is 0. The summed E-state index contributed by atoms with van der Waals surface area (Å²) in [6.07, 6.45) is 0. The Bertz CT molecular complexity index is 8.00. The minimum atomic E-state index is 0. The van der Waals surface area contributed by atoms with E-state index in [2.05, 4.69) is 0 Å². The summed E-state index contributed by atoms with van der Waals surface area (Å²) in [6.45, 7) is 0. The third-order valence-electron chi connectivity index (χ3n) is 0. The first-order valence-corrected chi connectivity index (χ1v) is 0. The molecule has 4 heteroatoms. The van der Waals surface area contributed by atoms with Gasteiger partial charge in [0, 0.05) is 96.0 Å². The van der Waals surface area contributed by atoms with Crippen molar-refractivity contribution in [1.82, 2.24) is 0 Å². The van der Waals surface area contributed by atoms with Crippen molar-refractivity contribution in [3.8, 4) is 0 Å². The Morgan fingerprint density at radius 2 is 1.00 bits per heavy atom. The Kier molecular flexibility index (Phi) is 111. The van der Waals surface area contributed by atoms with Crippen molar-refractivity contribution in [1.29, 1.82) is 0 Å². The fourth-order valence-electron chi connectivity index (χ4n) is 0. The Hall–Kier alpha value is 3.19. The second kappa shape index (κ2) is 16.4. The molecule has 0 aliphatic rings. The number of hydrogen-bond donors (Lipinski definition) is 0. The van der Waals surface area contributed by atoms with Gasteiger partial charge >= 0.3 is 0 Å². The van der Waals surface area contributed by atoms with Gasteiger partial charge in [-0.25, -0.2) is 0 Å². The van der Waals surface area contributed by atoms with E-state index in [9.17, 15) is 0 Å². The molecular formula is BiLiPbTe. The molecule has 0 fully saturated rings.